The van der Waals surface area contributed by atoms with Crippen LogP contribution >= 0.6 is 15.9 Å². The van der Waals surface area contributed by atoms with Crippen LogP contribution in [0.4, 0.5) is 0 Å². The molecule has 15 heavy (non-hydrogen) atoms. The van der Waals surface area contributed by atoms with Crippen molar-refractivity contribution in [1.82, 2.24) is 0 Å². The Morgan fingerprint density at radius 1 is 1.60 bits per heavy atom. The number of alkyl halides is 1. The first-order valence-corrected chi connectivity index (χ1v) is 5.53. The minimum Gasteiger partial charge on any atom is -0.496 e. The van der Waals surface area contributed by atoms with E-state index in [0.717, 1.165) is 17.7 Å². The Morgan fingerprint density at radius 3 is 3.07 bits per heavy atom. The van der Waals surface area contributed by atoms with E-state index in [2.05, 4.69) is 26.0 Å². The normalized spacial score (nSPS) is 23.1. The zero-order valence-electron chi connectivity index (χ0n) is 8.22. The van der Waals surface area contributed by atoms with Gasteiger partial charge in [0.05, 0.1) is 18.0 Å². The van der Waals surface area contributed by atoms with E-state index in [-0.39, 0.29) is 10.9 Å². The highest BCUT2D eigenvalue weighted by atomic mass is 79.9. The van der Waals surface area contributed by atoms with Gasteiger partial charge in [-0.25, -0.2) is 0 Å². The van der Waals surface area contributed by atoms with Crippen LogP contribution in [0.1, 0.15) is 16.0 Å². The molecule has 78 valence electrons. The maximum absolute atomic E-state index is 8.46. The largest absolute Gasteiger partial charge is 0.496 e. The van der Waals surface area contributed by atoms with Gasteiger partial charge in [-0.3, -0.25) is 0 Å². The number of fused-ring (bicyclic) bond motifs is 1. The van der Waals surface area contributed by atoms with E-state index in [4.69, 9.17) is 10.3 Å². The van der Waals surface area contributed by atoms with Crippen LogP contribution in [0, 0.1) is 0 Å². The number of azide groups is 1. The van der Waals surface area contributed by atoms with Crippen LogP contribution in [-0.4, -0.2) is 13.2 Å². The van der Waals surface area contributed by atoms with Crippen LogP contribution in [0.5, 0.6) is 5.75 Å². The van der Waals surface area contributed by atoms with Crippen molar-refractivity contribution in [2.45, 2.75) is 17.3 Å². The van der Waals surface area contributed by atoms with Gasteiger partial charge in [0.25, 0.3) is 0 Å². The van der Waals surface area contributed by atoms with Crippen molar-refractivity contribution in [3.63, 3.8) is 0 Å². The smallest absolute Gasteiger partial charge is 0.123 e. The molecule has 1 aliphatic rings. The Bertz CT molecular complexity index is 429. The van der Waals surface area contributed by atoms with Crippen LogP contribution in [-0.2, 0) is 6.42 Å². The third-order valence-electron chi connectivity index (χ3n) is 2.62. The molecule has 0 aromatic heterocycles. The molecule has 0 fully saturated rings. The van der Waals surface area contributed by atoms with Gasteiger partial charge >= 0.3 is 0 Å². The lowest BCUT2D eigenvalue weighted by Crippen LogP contribution is -2.04. The van der Waals surface area contributed by atoms with Crippen molar-refractivity contribution < 1.29 is 4.74 Å². The van der Waals surface area contributed by atoms with Gasteiger partial charge < -0.3 is 4.74 Å². The predicted molar refractivity (Wildman–Crippen MR) is 61.3 cm³/mol. The van der Waals surface area contributed by atoms with E-state index in [1.54, 1.807) is 7.11 Å². The first-order chi connectivity index (χ1) is 7.27. The van der Waals surface area contributed by atoms with Gasteiger partial charge in [-0.05, 0) is 23.6 Å². The summed E-state index contributed by atoms with van der Waals surface area (Å²) in [4.78, 5) is 2.92. The highest BCUT2D eigenvalue weighted by molar-refractivity contribution is 9.09. The summed E-state index contributed by atoms with van der Waals surface area (Å²) in [5, 5.41) is 3.77. The first-order valence-electron chi connectivity index (χ1n) is 4.62. The Labute approximate surface area is 96.0 Å². The lowest BCUT2D eigenvalue weighted by atomic mass is 10.1. The second kappa shape index (κ2) is 4.13. The zero-order valence-corrected chi connectivity index (χ0v) is 9.81. The molecule has 0 radical (unpaired) electrons. The summed E-state index contributed by atoms with van der Waals surface area (Å²) in [6.45, 7) is 0. The average Bonchev–Trinajstić information content (AvgIpc) is 2.57. The monoisotopic (exact) mass is 267 g/mol. The summed E-state index contributed by atoms with van der Waals surface area (Å²) in [7, 11) is 1.65. The number of ether oxygens (including phenoxy) is 1. The number of halogens is 1. The number of hydrogen-bond donors (Lipinski definition) is 0. The van der Waals surface area contributed by atoms with Gasteiger partial charge in [0.1, 0.15) is 5.75 Å². The van der Waals surface area contributed by atoms with Gasteiger partial charge in [-0.2, -0.15) is 0 Å². The fourth-order valence-electron chi connectivity index (χ4n) is 1.95. The molecular weight excluding hydrogens is 258 g/mol. The third kappa shape index (κ3) is 1.68. The maximum Gasteiger partial charge on any atom is 0.123 e. The molecule has 0 unspecified atom stereocenters. The predicted octanol–water partition coefficient (Wildman–Crippen LogP) is 3.37. The number of methoxy groups -OCH3 is 1. The Hall–Kier alpha value is -1.19. The molecule has 0 bridgehead atoms. The number of benzene rings is 1. The topological polar surface area (TPSA) is 58.0 Å². The van der Waals surface area contributed by atoms with Gasteiger partial charge in [0.15, 0.2) is 0 Å². The summed E-state index contributed by atoms with van der Waals surface area (Å²) >= 11 is 3.55. The third-order valence-corrected chi connectivity index (χ3v) is 3.69. The molecule has 0 saturated carbocycles. The molecule has 1 aliphatic carbocycles. The van der Waals surface area contributed by atoms with E-state index in [1.165, 1.54) is 5.56 Å². The molecule has 1 aromatic carbocycles. The van der Waals surface area contributed by atoms with E-state index >= 15 is 0 Å². The van der Waals surface area contributed by atoms with Crippen LogP contribution in [0.15, 0.2) is 23.3 Å². The highest BCUT2D eigenvalue weighted by Gasteiger charge is 2.32. The fraction of sp³-hybridized carbons (Fsp3) is 0.400. The Balaban J connectivity index is 2.45. The molecule has 0 aliphatic heterocycles. The minimum atomic E-state index is -0.0544. The van der Waals surface area contributed by atoms with Crippen molar-refractivity contribution in [3.8, 4) is 5.75 Å². The second-order valence-corrected chi connectivity index (χ2v) is 4.40. The number of rotatable bonds is 2. The molecule has 2 atom stereocenters. The molecule has 4 nitrogen and oxygen atoms in total. The summed E-state index contributed by atoms with van der Waals surface area (Å²) < 4.78 is 5.29. The summed E-state index contributed by atoms with van der Waals surface area (Å²) in [5.41, 5.74) is 10.8. The molecule has 0 saturated heterocycles. The lowest BCUT2D eigenvalue weighted by Gasteiger charge is -2.11. The first kappa shape index (κ1) is 10.3. The number of nitrogens with zero attached hydrogens (tertiary/aromatic N) is 3. The van der Waals surface area contributed by atoms with E-state index in [1.807, 2.05) is 18.2 Å². The van der Waals surface area contributed by atoms with E-state index in [9.17, 15) is 0 Å². The van der Waals surface area contributed by atoms with Crippen LogP contribution < -0.4 is 4.74 Å². The summed E-state index contributed by atoms with van der Waals surface area (Å²) in [6.07, 6.45) is 0.770. The van der Waals surface area contributed by atoms with Crippen molar-refractivity contribution in [1.29, 1.82) is 0 Å². The van der Waals surface area contributed by atoms with Crippen LogP contribution in [0.2, 0.25) is 0 Å². The van der Waals surface area contributed by atoms with Crippen LogP contribution in [0.25, 0.3) is 10.4 Å². The Morgan fingerprint density at radius 2 is 2.40 bits per heavy atom. The fourth-order valence-corrected chi connectivity index (χ4v) is 2.76. The van der Waals surface area contributed by atoms with Crippen LogP contribution in [0.3, 0.4) is 0 Å². The SMILES string of the molecule is COc1cccc2c1[C@@H](Br)[C@H](N=[N+]=[N-])C2. The Kier molecular flexibility index (Phi) is 2.84. The van der Waals surface area contributed by atoms with Gasteiger partial charge in [-0.15, -0.1) is 0 Å². The van der Waals surface area contributed by atoms with Crippen molar-refractivity contribution in [2.24, 2.45) is 5.11 Å². The van der Waals surface area contributed by atoms with Gasteiger partial charge in [0.2, 0.25) is 0 Å². The van der Waals surface area contributed by atoms with Gasteiger partial charge in [-0.1, -0.05) is 33.2 Å². The highest BCUT2D eigenvalue weighted by Crippen LogP contribution is 2.44. The van der Waals surface area contributed by atoms with Gasteiger partial charge in [0, 0.05) is 10.5 Å². The zero-order chi connectivity index (χ0) is 10.8. The molecule has 5 heteroatoms. The molecular formula is C10H10BrN3O. The second-order valence-electron chi connectivity index (χ2n) is 3.41. The molecule has 2 rings (SSSR count). The van der Waals surface area contributed by atoms with E-state index < -0.39 is 0 Å². The summed E-state index contributed by atoms with van der Waals surface area (Å²) in [5.74, 6) is 0.852. The molecule has 0 amide bonds. The molecule has 0 heterocycles. The van der Waals surface area contributed by atoms with E-state index in [0.29, 0.717) is 0 Å². The van der Waals surface area contributed by atoms with Crippen molar-refractivity contribution >= 4 is 15.9 Å². The van der Waals surface area contributed by atoms with Crippen molar-refractivity contribution in [3.05, 3.63) is 39.8 Å². The molecule has 1 aromatic rings. The quantitative estimate of drug-likeness (QED) is 0.351. The average molecular weight is 268 g/mol. The maximum atomic E-state index is 8.46. The number of hydrogen-bond acceptors (Lipinski definition) is 2. The summed E-state index contributed by atoms with van der Waals surface area (Å²) in [6, 6.07) is 5.86. The van der Waals surface area contributed by atoms with Crippen molar-refractivity contribution in [2.75, 3.05) is 7.11 Å². The minimum absolute atomic E-state index is 0.0544. The molecule has 0 N–H and O–H groups in total. The standard InChI is InChI=1S/C10H10BrN3O/c1-15-8-4-2-3-6-5-7(13-14-12)10(11)9(6)8/h2-4,7,10H,5H2,1H3/t7-,10+/m1/s1. The molecule has 0 spiro atoms. The lowest BCUT2D eigenvalue weighted by molar-refractivity contribution is 0.409.